The number of rotatable bonds is 6. The Bertz CT molecular complexity index is 409. The molecule has 0 atom stereocenters. The van der Waals surface area contributed by atoms with Gasteiger partial charge in [-0.15, -0.1) is 0 Å². The zero-order valence-corrected chi connectivity index (χ0v) is 12.3. The molecule has 0 amide bonds. The third-order valence-electron chi connectivity index (χ3n) is 3.71. The molecule has 0 heterocycles. The number of nitrogens with one attached hydrogen (secondary N) is 1. The molecule has 0 unspecified atom stereocenters. The molecule has 1 N–H and O–H groups in total. The first-order chi connectivity index (χ1) is 8.43. The third kappa shape index (κ3) is 3.95. The maximum atomic E-state index is 10.8. The lowest BCUT2D eigenvalue weighted by atomic mass is 9.94. The van der Waals surface area contributed by atoms with Gasteiger partial charge in [0.2, 0.25) is 0 Å². The molecule has 1 aromatic carbocycles. The summed E-state index contributed by atoms with van der Waals surface area (Å²) in [6.07, 6.45) is 1.61. The first-order valence-electron chi connectivity index (χ1n) is 6.70. The fourth-order valence-electron chi connectivity index (χ4n) is 2.24. The summed E-state index contributed by atoms with van der Waals surface area (Å²) in [6.45, 7) is 12.2. The minimum atomic E-state index is 0.274. The number of hydrogen-bond acceptors (Lipinski definition) is 2. The summed E-state index contributed by atoms with van der Waals surface area (Å²) in [5, 5.41) is 3.44. The molecule has 0 bridgehead atoms. The molecule has 2 nitrogen and oxygen atoms in total. The van der Waals surface area contributed by atoms with Gasteiger partial charge in [0.05, 0.1) is 0 Å². The molecule has 1 aromatic rings. The van der Waals surface area contributed by atoms with Gasteiger partial charge in [-0.3, -0.25) is 0 Å². The average molecular weight is 247 g/mol. The van der Waals surface area contributed by atoms with Crippen LogP contribution in [0.1, 0.15) is 47.6 Å². The number of ketones is 1. The second kappa shape index (κ2) is 6.69. The van der Waals surface area contributed by atoms with E-state index in [1.807, 2.05) is 0 Å². The first-order valence-corrected chi connectivity index (χ1v) is 6.70. The van der Waals surface area contributed by atoms with Crippen molar-refractivity contribution in [2.24, 2.45) is 0 Å². The summed E-state index contributed by atoms with van der Waals surface area (Å²) in [4.78, 5) is 10.8. The molecule has 2 heteroatoms. The topological polar surface area (TPSA) is 29.1 Å². The number of carbonyl (C=O) groups is 1. The van der Waals surface area contributed by atoms with Crippen LogP contribution in [-0.2, 0) is 11.3 Å². The number of aryl methyl sites for hydroxylation is 2. The molecular formula is C16H25NO. The van der Waals surface area contributed by atoms with Crippen LogP contribution in [0.25, 0.3) is 0 Å². The van der Waals surface area contributed by atoms with Crippen LogP contribution in [0.2, 0.25) is 0 Å². The maximum absolute atomic E-state index is 10.8. The van der Waals surface area contributed by atoms with Crippen LogP contribution in [-0.4, -0.2) is 12.3 Å². The Morgan fingerprint density at radius 2 is 1.67 bits per heavy atom. The Morgan fingerprint density at radius 1 is 1.11 bits per heavy atom. The maximum Gasteiger partial charge on any atom is 0.129 e. The van der Waals surface area contributed by atoms with E-state index in [1.54, 1.807) is 6.92 Å². The summed E-state index contributed by atoms with van der Waals surface area (Å²) in [5.41, 5.74) is 6.90. The molecule has 0 saturated heterocycles. The van der Waals surface area contributed by atoms with Crippen LogP contribution >= 0.6 is 0 Å². The van der Waals surface area contributed by atoms with Crippen molar-refractivity contribution in [2.45, 2.75) is 54.0 Å². The van der Waals surface area contributed by atoms with Crippen LogP contribution in [0.4, 0.5) is 0 Å². The Hall–Kier alpha value is -1.15. The highest BCUT2D eigenvalue weighted by Crippen LogP contribution is 2.21. The van der Waals surface area contributed by atoms with Crippen LogP contribution in [0.3, 0.4) is 0 Å². The van der Waals surface area contributed by atoms with Crippen molar-refractivity contribution >= 4 is 5.78 Å². The summed E-state index contributed by atoms with van der Waals surface area (Å²) >= 11 is 0. The number of benzene rings is 1. The minimum Gasteiger partial charge on any atom is -0.313 e. The molecule has 0 aliphatic carbocycles. The number of Topliss-reactive ketones (excluding diaryl/α,β-unsaturated/α-hetero) is 1. The molecule has 100 valence electrons. The molecule has 0 saturated carbocycles. The van der Waals surface area contributed by atoms with Gasteiger partial charge in [0.15, 0.2) is 0 Å². The summed E-state index contributed by atoms with van der Waals surface area (Å²) in [5.74, 6) is 0.274. The van der Waals surface area contributed by atoms with E-state index >= 15 is 0 Å². The van der Waals surface area contributed by atoms with Crippen LogP contribution in [0, 0.1) is 27.7 Å². The minimum absolute atomic E-state index is 0.274. The largest absolute Gasteiger partial charge is 0.313 e. The van der Waals surface area contributed by atoms with Gasteiger partial charge in [-0.25, -0.2) is 0 Å². The van der Waals surface area contributed by atoms with Gasteiger partial charge in [0, 0.05) is 13.0 Å². The Morgan fingerprint density at radius 3 is 2.17 bits per heavy atom. The van der Waals surface area contributed by atoms with Crippen molar-refractivity contribution < 1.29 is 4.79 Å². The van der Waals surface area contributed by atoms with Crippen molar-refractivity contribution in [1.29, 1.82) is 0 Å². The Kier molecular flexibility index (Phi) is 5.54. The fraction of sp³-hybridized carbons (Fsp3) is 0.562. The van der Waals surface area contributed by atoms with E-state index in [0.29, 0.717) is 6.42 Å². The highest BCUT2D eigenvalue weighted by Gasteiger charge is 2.07. The van der Waals surface area contributed by atoms with Crippen molar-refractivity contribution in [3.05, 3.63) is 33.9 Å². The first kappa shape index (κ1) is 14.9. The van der Waals surface area contributed by atoms with Crippen molar-refractivity contribution in [1.82, 2.24) is 5.32 Å². The summed E-state index contributed by atoms with van der Waals surface area (Å²) in [7, 11) is 0. The van der Waals surface area contributed by atoms with Crippen molar-refractivity contribution in [2.75, 3.05) is 6.54 Å². The monoisotopic (exact) mass is 247 g/mol. The van der Waals surface area contributed by atoms with E-state index in [0.717, 1.165) is 19.5 Å². The Labute approximate surface area is 111 Å². The van der Waals surface area contributed by atoms with Gasteiger partial charge in [-0.2, -0.15) is 0 Å². The van der Waals surface area contributed by atoms with Crippen LogP contribution < -0.4 is 5.32 Å². The second-order valence-corrected chi connectivity index (χ2v) is 5.22. The van der Waals surface area contributed by atoms with E-state index in [-0.39, 0.29) is 5.78 Å². The predicted molar refractivity (Wildman–Crippen MR) is 77.0 cm³/mol. The van der Waals surface area contributed by atoms with E-state index < -0.39 is 0 Å². The van der Waals surface area contributed by atoms with Crippen LogP contribution in [0.5, 0.6) is 0 Å². The lowest BCUT2D eigenvalue weighted by Gasteiger charge is -2.15. The smallest absolute Gasteiger partial charge is 0.129 e. The molecule has 0 aromatic heterocycles. The van der Waals surface area contributed by atoms with Gasteiger partial charge in [-0.05, 0) is 75.4 Å². The SMILES string of the molecule is CC(=O)CCCNCc1c(C)c(C)cc(C)c1C. The van der Waals surface area contributed by atoms with Gasteiger partial charge >= 0.3 is 0 Å². The number of carbonyl (C=O) groups excluding carboxylic acids is 1. The normalized spacial score (nSPS) is 10.7. The number of hydrogen-bond donors (Lipinski definition) is 1. The zero-order valence-electron chi connectivity index (χ0n) is 12.3. The van der Waals surface area contributed by atoms with Gasteiger partial charge in [0.25, 0.3) is 0 Å². The summed E-state index contributed by atoms with van der Waals surface area (Å²) < 4.78 is 0. The predicted octanol–water partition coefficient (Wildman–Crippen LogP) is 3.38. The van der Waals surface area contributed by atoms with E-state index in [4.69, 9.17) is 0 Å². The molecule has 0 aliphatic heterocycles. The molecule has 0 aliphatic rings. The molecule has 0 fully saturated rings. The lowest BCUT2D eigenvalue weighted by molar-refractivity contribution is -0.117. The van der Waals surface area contributed by atoms with E-state index in [1.165, 1.54) is 27.8 Å². The Balaban J connectivity index is 2.59. The highest BCUT2D eigenvalue weighted by atomic mass is 16.1. The second-order valence-electron chi connectivity index (χ2n) is 5.22. The van der Waals surface area contributed by atoms with E-state index in [9.17, 15) is 4.79 Å². The average Bonchev–Trinajstić information content (AvgIpc) is 2.30. The lowest BCUT2D eigenvalue weighted by Crippen LogP contribution is -2.17. The molecule has 1 rings (SSSR count). The van der Waals surface area contributed by atoms with Crippen molar-refractivity contribution in [3.8, 4) is 0 Å². The molecule has 0 spiro atoms. The van der Waals surface area contributed by atoms with Crippen molar-refractivity contribution in [3.63, 3.8) is 0 Å². The standard InChI is InChI=1S/C16H25NO/c1-11-9-12(2)15(5)16(14(11)4)10-17-8-6-7-13(3)18/h9,17H,6-8,10H2,1-5H3. The van der Waals surface area contributed by atoms with Gasteiger partial charge in [0.1, 0.15) is 5.78 Å². The molecule has 18 heavy (non-hydrogen) atoms. The summed E-state index contributed by atoms with van der Waals surface area (Å²) in [6, 6.07) is 2.25. The zero-order chi connectivity index (χ0) is 13.7. The van der Waals surface area contributed by atoms with Crippen LogP contribution in [0.15, 0.2) is 6.07 Å². The molecule has 0 radical (unpaired) electrons. The molecular weight excluding hydrogens is 222 g/mol. The van der Waals surface area contributed by atoms with Gasteiger partial charge < -0.3 is 10.1 Å². The highest BCUT2D eigenvalue weighted by molar-refractivity contribution is 5.75. The quantitative estimate of drug-likeness (QED) is 0.781. The fourth-order valence-corrected chi connectivity index (χ4v) is 2.24. The third-order valence-corrected chi connectivity index (χ3v) is 3.71. The van der Waals surface area contributed by atoms with Gasteiger partial charge in [-0.1, -0.05) is 6.07 Å². The van der Waals surface area contributed by atoms with E-state index in [2.05, 4.69) is 39.1 Å².